The average molecular weight is 421 g/mol. The van der Waals surface area contributed by atoms with Crippen LogP contribution in [0.4, 0.5) is 4.39 Å². The summed E-state index contributed by atoms with van der Waals surface area (Å²) in [6.07, 6.45) is 1.83. The number of benzene rings is 2. The molecule has 1 atom stereocenters. The lowest BCUT2D eigenvalue weighted by Gasteiger charge is -2.28. The smallest absolute Gasteiger partial charge is 0.261 e. The molecule has 0 unspecified atom stereocenters. The number of carbonyl (C=O) groups is 2. The van der Waals surface area contributed by atoms with Gasteiger partial charge < -0.3 is 15.0 Å². The van der Waals surface area contributed by atoms with E-state index in [1.807, 2.05) is 6.92 Å². The molecule has 0 heterocycles. The van der Waals surface area contributed by atoms with Gasteiger partial charge in [-0.3, -0.25) is 9.59 Å². The zero-order valence-electron chi connectivity index (χ0n) is 16.7. The van der Waals surface area contributed by atoms with Gasteiger partial charge in [0.15, 0.2) is 6.61 Å². The van der Waals surface area contributed by atoms with Gasteiger partial charge in [0.25, 0.3) is 5.91 Å². The highest BCUT2D eigenvalue weighted by Gasteiger charge is 2.26. The van der Waals surface area contributed by atoms with Gasteiger partial charge in [0.1, 0.15) is 17.6 Å². The molecule has 2 aromatic carbocycles. The minimum absolute atomic E-state index is 0.172. The van der Waals surface area contributed by atoms with E-state index in [4.69, 9.17) is 16.3 Å². The third-order valence-electron chi connectivity index (χ3n) is 4.44. The van der Waals surface area contributed by atoms with Gasteiger partial charge in [0, 0.05) is 18.1 Å². The Morgan fingerprint density at radius 3 is 2.41 bits per heavy atom. The topological polar surface area (TPSA) is 58.6 Å². The van der Waals surface area contributed by atoms with Gasteiger partial charge in [0.05, 0.1) is 0 Å². The van der Waals surface area contributed by atoms with Crippen LogP contribution in [0.3, 0.4) is 0 Å². The third kappa shape index (κ3) is 7.38. The first-order chi connectivity index (χ1) is 13.9. The van der Waals surface area contributed by atoms with E-state index in [2.05, 4.69) is 5.32 Å². The fraction of sp³-hybridized carbons (Fsp3) is 0.364. The van der Waals surface area contributed by atoms with E-state index in [9.17, 15) is 14.0 Å². The minimum atomic E-state index is -0.696. The highest BCUT2D eigenvalue weighted by molar-refractivity contribution is 6.30. The third-order valence-corrected chi connectivity index (χ3v) is 4.69. The van der Waals surface area contributed by atoms with Crippen molar-refractivity contribution in [2.75, 3.05) is 13.2 Å². The van der Waals surface area contributed by atoms with Crippen LogP contribution in [0.15, 0.2) is 48.5 Å². The van der Waals surface area contributed by atoms with Crippen LogP contribution in [0.2, 0.25) is 5.02 Å². The Balaban J connectivity index is 2.08. The monoisotopic (exact) mass is 420 g/mol. The molecular formula is C22H26ClFN2O3. The number of hydrogen-bond donors (Lipinski definition) is 1. The van der Waals surface area contributed by atoms with E-state index in [0.717, 1.165) is 18.4 Å². The molecule has 1 N–H and O–H groups in total. The molecule has 7 heteroatoms. The molecule has 0 spiro atoms. The first-order valence-electron chi connectivity index (χ1n) is 9.60. The van der Waals surface area contributed by atoms with E-state index in [-0.39, 0.29) is 30.8 Å². The van der Waals surface area contributed by atoms with E-state index in [1.54, 1.807) is 43.3 Å². The highest BCUT2D eigenvalue weighted by Crippen LogP contribution is 2.16. The normalized spacial score (nSPS) is 11.6. The van der Waals surface area contributed by atoms with Gasteiger partial charge in [-0.1, -0.05) is 37.1 Å². The molecule has 0 aromatic heterocycles. The number of carbonyl (C=O) groups excluding carboxylic acids is 2. The first kappa shape index (κ1) is 22.7. The molecule has 2 aromatic rings. The summed E-state index contributed by atoms with van der Waals surface area (Å²) >= 11 is 5.85. The van der Waals surface area contributed by atoms with E-state index in [0.29, 0.717) is 17.3 Å². The minimum Gasteiger partial charge on any atom is -0.484 e. The van der Waals surface area contributed by atoms with Crippen molar-refractivity contribution < 1.29 is 18.7 Å². The number of hydrogen-bond acceptors (Lipinski definition) is 3. The number of rotatable bonds is 10. The van der Waals surface area contributed by atoms with Crippen LogP contribution < -0.4 is 10.1 Å². The summed E-state index contributed by atoms with van der Waals surface area (Å²) < 4.78 is 18.8. The SMILES string of the molecule is CCCCNC(=O)[C@@H](C)N(Cc1ccc(F)cc1)C(=O)COc1ccc(Cl)cc1. The second-order valence-corrected chi connectivity index (χ2v) is 7.15. The molecule has 156 valence electrons. The number of amides is 2. The summed E-state index contributed by atoms with van der Waals surface area (Å²) in [5.74, 6) is -0.435. The molecule has 0 aliphatic rings. The number of unbranched alkanes of at least 4 members (excludes halogenated alkanes) is 1. The second kappa shape index (κ2) is 11.4. The van der Waals surface area contributed by atoms with Crippen LogP contribution in [-0.2, 0) is 16.1 Å². The van der Waals surface area contributed by atoms with Crippen molar-refractivity contribution in [2.24, 2.45) is 0 Å². The number of ether oxygens (including phenoxy) is 1. The molecule has 5 nitrogen and oxygen atoms in total. The zero-order valence-corrected chi connectivity index (χ0v) is 17.4. The Morgan fingerprint density at radius 2 is 1.79 bits per heavy atom. The lowest BCUT2D eigenvalue weighted by Crippen LogP contribution is -2.49. The molecular weight excluding hydrogens is 395 g/mol. The van der Waals surface area contributed by atoms with Crippen molar-refractivity contribution in [3.63, 3.8) is 0 Å². The Morgan fingerprint density at radius 1 is 1.14 bits per heavy atom. The summed E-state index contributed by atoms with van der Waals surface area (Å²) in [7, 11) is 0. The van der Waals surface area contributed by atoms with E-state index in [1.165, 1.54) is 17.0 Å². The zero-order chi connectivity index (χ0) is 21.2. The van der Waals surface area contributed by atoms with Crippen molar-refractivity contribution >= 4 is 23.4 Å². The predicted molar refractivity (Wildman–Crippen MR) is 111 cm³/mol. The second-order valence-electron chi connectivity index (χ2n) is 6.71. The lowest BCUT2D eigenvalue weighted by atomic mass is 10.1. The fourth-order valence-corrected chi connectivity index (χ4v) is 2.79. The molecule has 0 fully saturated rings. The number of halogens is 2. The Hall–Kier alpha value is -2.60. The maximum Gasteiger partial charge on any atom is 0.261 e. The predicted octanol–water partition coefficient (Wildman–Crippen LogP) is 4.19. The van der Waals surface area contributed by atoms with Gasteiger partial charge in [0.2, 0.25) is 5.91 Å². The number of nitrogens with one attached hydrogen (secondary N) is 1. The fourth-order valence-electron chi connectivity index (χ4n) is 2.66. The van der Waals surface area contributed by atoms with Crippen molar-refractivity contribution in [3.05, 3.63) is 64.9 Å². The molecule has 0 aliphatic carbocycles. The standard InChI is InChI=1S/C22H26ClFN2O3/c1-3-4-13-25-22(28)16(2)26(14-17-5-9-19(24)10-6-17)21(27)15-29-20-11-7-18(23)8-12-20/h5-12,16H,3-4,13-15H2,1-2H3,(H,25,28)/t16-/m1/s1. The van der Waals surface area contributed by atoms with Gasteiger partial charge >= 0.3 is 0 Å². The Kier molecular flexibility index (Phi) is 8.93. The maximum atomic E-state index is 13.2. The van der Waals surface area contributed by atoms with Crippen LogP contribution in [0.5, 0.6) is 5.75 Å². The Labute approximate surface area is 175 Å². The van der Waals surface area contributed by atoms with Crippen LogP contribution in [0, 0.1) is 5.82 Å². The largest absolute Gasteiger partial charge is 0.484 e. The van der Waals surface area contributed by atoms with E-state index < -0.39 is 6.04 Å². The highest BCUT2D eigenvalue weighted by atomic mass is 35.5. The summed E-state index contributed by atoms with van der Waals surface area (Å²) in [6, 6.07) is 11.8. The molecule has 0 saturated heterocycles. The molecule has 0 saturated carbocycles. The first-order valence-corrected chi connectivity index (χ1v) is 9.98. The van der Waals surface area contributed by atoms with Gasteiger partial charge in [-0.05, 0) is 55.3 Å². The Bertz CT molecular complexity index is 797. The van der Waals surface area contributed by atoms with Gasteiger partial charge in [-0.25, -0.2) is 4.39 Å². The lowest BCUT2D eigenvalue weighted by molar-refractivity contribution is -0.142. The quantitative estimate of drug-likeness (QED) is 0.586. The summed E-state index contributed by atoms with van der Waals surface area (Å²) in [4.78, 5) is 26.8. The van der Waals surface area contributed by atoms with Crippen LogP contribution in [0.25, 0.3) is 0 Å². The maximum absolute atomic E-state index is 13.2. The van der Waals surface area contributed by atoms with Crippen LogP contribution in [0.1, 0.15) is 32.3 Å². The molecule has 29 heavy (non-hydrogen) atoms. The van der Waals surface area contributed by atoms with Gasteiger partial charge in [-0.2, -0.15) is 0 Å². The summed E-state index contributed by atoms with van der Waals surface area (Å²) in [5.41, 5.74) is 0.722. The van der Waals surface area contributed by atoms with Crippen molar-refractivity contribution in [1.29, 1.82) is 0 Å². The van der Waals surface area contributed by atoms with Crippen molar-refractivity contribution in [1.82, 2.24) is 10.2 Å². The molecule has 0 bridgehead atoms. The van der Waals surface area contributed by atoms with E-state index >= 15 is 0 Å². The van der Waals surface area contributed by atoms with Crippen LogP contribution in [-0.4, -0.2) is 35.9 Å². The van der Waals surface area contributed by atoms with Crippen molar-refractivity contribution in [3.8, 4) is 5.75 Å². The number of nitrogens with zero attached hydrogens (tertiary/aromatic N) is 1. The molecule has 2 rings (SSSR count). The molecule has 0 aliphatic heterocycles. The molecule has 0 radical (unpaired) electrons. The molecule has 2 amide bonds. The average Bonchev–Trinajstić information content (AvgIpc) is 2.72. The summed E-state index contributed by atoms with van der Waals surface area (Å²) in [6.45, 7) is 4.21. The van der Waals surface area contributed by atoms with Gasteiger partial charge in [-0.15, -0.1) is 0 Å². The summed E-state index contributed by atoms with van der Waals surface area (Å²) in [5, 5.41) is 3.41. The van der Waals surface area contributed by atoms with Crippen LogP contribution >= 0.6 is 11.6 Å². The van der Waals surface area contributed by atoms with Crippen molar-refractivity contribution in [2.45, 2.75) is 39.3 Å².